The van der Waals surface area contributed by atoms with Crippen LogP contribution in [0.3, 0.4) is 0 Å². The number of nitrogens with one attached hydrogen (secondary N) is 1. The molecule has 1 aliphatic rings. The van der Waals surface area contributed by atoms with Gasteiger partial charge in [0.2, 0.25) is 15.9 Å². The quantitative estimate of drug-likeness (QED) is 0.690. The number of carbonyl (C=O) groups excluding carboxylic acids is 1. The first-order valence-electron chi connectivity index (χ1n) is 7.63. The highest BCUT2D eigenvalue weighted by molar-refractivity contribution is 7.88. The van der Waals surface area contributed by atoms with Crippen LogP contribution < -0.4 is 4.72 Å². The van der Waals surface area contributed by atoms with Crippen molar-refractivity contribution in [3.63, 3.8) is 0 Å². The minimum Gasteiger partial charge on any atom is -0.396 e. The molecule has 124 valence electrons. The number of rotatable bonds is 8. The lowest BCUT2D eigenvalue weighted by atomic mass is 10.0. The molecule has 1 amide bonds. The molecule has 2 N–H and O–H groups in total. The largest absolute Gasteiger partial charge is 0.396 e. The number of carbonyl (C=O) groups is 1. The predicted octanol–water partition coefficient (Wildman–Crippen LogP) is 0.714. The standard InChI is InChI=1S/C14H28N2O4S/c1-11(2)10-13(15-21(3,19)20)14(18)16-8-4-6-12(16)7-5-9-17/h11-13,15,17H,4-10H2,1-3H3. The molecular formula is C14H28N2O4S. The molecule has 7 heteroatoms. The molecule has 0 radical (unpaired) electrons. The molecule has 0 aromatic heterocycles. The Hall–Kier alpha value is -0.660. The minimum absolute atomic E-state index is 0.121. The predicted molar refractivity (Wildman–Crippen MR) is 82.3 cm³/mol. The molecule has 2 unspecified atom stereocenters. The second-order valence-electron chi connectivity index (χ2n) is 6.27. The smallest absolute Gasteiger partial charge is 0.241 e. The van der Waals surface area contributed by atoms with E-state index in [1.54, 1.807) is 4.90 Å². The monoisotopic (exact) mass is 320 g/mol. The Labute approximate surface area is 128 Å². The number of nitrogens with zero attached hydrogens (tertiary/aromatic N) is 1. The normalized spacial score (nSPS) is 21.0. The Morgan fingerprint density at radius 2 is 2.10 bits per heavy atom. The lowest BCUT2D eigenvalue weighted by Crippen LogP contribution is -2.50. The van der Waals surface area contributed by atoms with Crippen LogP contribution in [-0.4, -0.2) is 55.8 Å². The Morgan fingerprint density at radius 1 is 1.43 bits per heavy atom. The van der Waals surface area contributed by atoms with E-state index >= 15 is 0 Å². The van der Waals surface area contributed by atoms with Crippen LogP contribution in [0.15, 0.2) is 0 Å². The molecule has 1 fully saturated rings. The number of hydrogen-bond donors (Lipinski definition) is 2. The maximum Gasteiger partial charge on any atom is 0.241 e. The highest BCUT2D eigenvalue weighted by Gasteiger charge is 2.34. The van der Waals surface area contributed by atoms with Crippen molar-refractivity contribution >= 4 is 15.9 Å². The van der Waals surface area contributed by atoms with Gasteiger partial charge in [0.05, 0.1) is 6.26 Å². The average molecular weight is 320 g/mol. The fourth-order valence-electron chi connectivity index (χ4n) is 2.88. The summed E-state index contributed by atoms with van der Waals surface area (Å²) in [6, 6.07) is -0.560. The van der Waals surface area contributed by atoms with Crippen molar-refractivity contribution in [3.8, 4) is 0 Å². The highest BCUT2D eigenvalue weighted by atomic mass is 32.2. The minimum atomic E-state index is -3.42. The summed E-state index contributed by atoms with van der Waals surface area (Å²) in [6.45, 7) is 4.74. The molecule has 2 atom stereocenters. The van der Waals surface area contributed by atoms with Gasteiger partial charge in [-0.1, -0.05) is 13.8 Å². The second-order valence-corrected chi connectivity index (χ2v) is 8.05. The first kappa shape index (κ1) is 18.4. The van der Waals surface area contributed by atoms with E-state index in [4.69, 9.17) is 5.11 Å². The van der Waals surface area contributed by atoms with Gasteiger partial charge in [-0.25, -0.2) is 13.1 Å². The Morgan fingerprint density at radius 3 is 2.62 bits per heavy atom. The van der Waals surface area contributed by atoms with Crippen LogP contribution in [0.1, 0.15) is 46.0 Å². The molecule has 1 saturated heterocycles. The zero-order valence-electron chi connectivity index (χ0n) is 13.2. The Bertz CT molecular complexity index is 436. The van der Waals surface area contributed by atoms with Crippen LogP contribution in [0, 0.1) is 5.92 Å². The second kappa shape index (κ2) is 8.10. The average Bonchev–Trinajstić information content (AvgIpc) is 2.80. The number of likely N-dealkylation sites (tertiary alicyclic amines) is 1. The van der Waals surface area contributed by atoms with Crippen LogP contribution in [0.5, 0.6) is 0 Å². The third kappa shape index (κ3) is 6.32. The van der Waals surface area contributed by atoms with Crippen molar-refractivity contribution in [3.05, 3.63) is 0 Å². The molecule has 0 aromatic carbocycles. The molecule has 0 saturated carbocycles. The Kier molecular flexibility index (Phi) is 7.09. The van der Waals surface area contributed by atoms with Crippen molar-refractivity contribution in [2.45, 2.75) is 58.0 Å². The number of hydrogen-bond acceptors (Lipinski definition) is 4. The summed E-state index contributed by atoms with van der Waals surface area (Å²) in [5, 5.41) is 8.94. The van der Waals surface area contributed by atoms with Crippen LogP contribution in [0.4, 0.5) is 0 Å². The topological polar surface area (TPSA) is 86.7 Å². The SMILES string of the molecule is CC(C)CC(NS(C)(=O)=O)C(=O)N1CCCC1CCCO. The molecule has 1 rings (SSSR count). The van der Waals surface area contributed by atoms with E-state index in [2.05, 4.69) is 4.72 Å². The van der Waals surface area contributed by atoms with Crippen molar-refractivity contribution in [1.29, 1.82) is 0 Å². The zero-order valence-corrected chi connectivity index (χ0v) is 14.0. The van der Waals surface area contributed by atoms with Crippen molar-refractivity contribution < 1.29 is 18.3 Å². The molecule has 0 aromatic rings. The van der Waals surface area contributed by atoms with Crippen LogP contribution in [-0.2, 0) is 14.8 Å². The van der Waals surface area contributed by atoms with Gasteiger partial charge in [-0.3, -0.25) is 4.79 Å². The molecule has 0 aliphatic carbocycles. The summed E-state index contributed by atoms with van der Waals surface area (Å²) in [7, 11) is -3.42. The van der Waals surface area contributed by atoms with Gasteiger partial charge in [-0.15, -0.1) is 0 Å². The number of sulfonamides is 1. The molecule has 1 heterocycles. The van der Waals surface area contributed by atoms with E-state index in [0.717, 1.165) is 25.5 Å². The first-order chi connectivity index (χ1) is 9.74. The van der Waals surface area contributed by atoms with Crippen molar-refractivity contribution in [1.82, 2.24) is 9.62 Å². The number of aliphatic hydroxyl groups is 1. The molecule has 6 nitrogen and oxygen atoms in total. The van der Waals surface area contributed by atoms with Gasteiger partial charge in [0.1, 0.15) is 6.04 Å². The lowest BCUT2D eigenvalue weighted by Gasteiger charge is -2.29. The van der Waals surface area contributed by atoms with Gasteiger partial charge in [-0.05, 0) is 38.0 Å². The van der Waals surface area contributed by atoms with E-state index in [1.165, 1.54) is 0 Å². The summed E-state index contributed by atoms with van der Waals surface area (Å²) < 4.78 is 25.4. The molecule has 0 bridgehead atoms. The zero-order chi connectivity index (χ0) is 16.0. The third-order valence-corrected chi connectivity index (χ3v) is 4.43. The van der Waals surface area contributed by atoms with Gasteiger partial charge in [0.15, 0.2) is 0 Å². The highest BCUT2D eigenvalue weighted by Crippen LogP contribution is 2.23. The third-order valence-electron chi connectivity index (χ3n) is 3.72. The summed E-state index contributed by atoms with van der Waals surface area (Å²) in [6.07, 6.45) is 4.89. The summed E-state index contributed by atoms with van der Waals surface area (Å²) in [5.74, 6) is 0.0984. The molecule has 21 heavy (non-hydrogen) atoms. The van der Waals surface area contributed by atoms with Crippen LogP contribution in [0.2, 0.25) is 0 Å². The van der Waals surface area contributed by atoms with Crippen molar-refractivity contribution in [2.24, 2.45) is 5.92 Å². The van der Waals surface area contributed by atoms with Gasteiger partial charge >= 0.3 is 0 Å². The maximum absolute atomic E-state index is 12.7. The number of amides is 1. The van der Waals surface area contributed by atoms with Crippen LogP contribution >= 0.6 is 0 Å². The van der Waals surface area contributed by atoms with Gasteiger partial charge in [0, 0.05) is 19.2 Å². The van der Waals surface area contributed by atoms with E-state index in [0.29, 0.717) is 19.4 Å². The van der Waals surface area contributed by atoms with Crippen LogP contribution in [0.25, 0.3) is 0 Å². The summed E-state index contributed by atoms with van der Waals surface area (Å²) >= 11 is 0. The lowest BCUT2D eigenvalue weighted by molar-refractivity contribution is -0.134. The van der Waals surface area contributed by atoms with E-state index in [9.17, 15) is 13.2 Å². The van der Waals surface area contributed by atoms with E-state index < -0.39 is 16.1 Å². The van der Waals surface area contributed by atoms with Gasteiger partial charge in [0.25, 0.3) is 0 Å². The molecule has 0 spiro atoms. The first-order valence-corrected chi connectivity index (χ1v) is 9.52. The summed E-state index contributed by atoms with van der Waals surface area (Å²) in [5.41, 5.74) is 0. The van der Waals surface area contributed by atoms with E-state index in [1.807, 2.05) is 13.8 Å². The number of aliphatic hydroxyl groups excluding tert-OH is 1. The van der Waals surface area contributed by atoms with Gasteiger partial charge < -0.3 is 10.0 Å². The fraction of sp³-hybridized carbons (Fsp3) is 0.929. The summed E-state index contributed by atoms with van der Waals surface area (Å²) in [4.78, 5) is 14.5. The van der Waals surface area contributed by atoms with E-state index in [-0.39, 0.29) is 24.5 Å². The Balaban J connectivity index is 2.78. The molecular weight excluding hydrogens is 292 g/mol. The fourth-order valence-corrected chi connectivity index (χ4v) is 3.60. The van der Waals surface area contributed by atoms with Crippen molar-refractivity contribution in [2.75, 3.05) is 19.4 Å². The van der Waals surface area contributed by atoms with Gasteiger partial charge in [-0.2, -0.15) is 0 Å². The maximum atomic E-state index is 12.7. The molecule has 1 aliphatic heterocycles.